The molecule has 0 aromatic carbocycles. The summed E-state index contributed by atoms with van der Waals surface area (Å²) in [5.74, 6) is -0.930. The monoisotopic (exact) mass is 286 g/mol. The number of carbonyl (C=O) groups is 3. The van der Waals surface area contributed by atoms with Gasteiger partial charge in [-0.25, -0.2) is 9.59 Å². The van der Waals surface area contributed by atoms with Gasteiger partial charge in [-0.15, -0.1) is 0 Å². The molecule has 1 aliphatic rings. The summed E-state index contributed by atoms with van der Waals surface area (Å²) >= 11 is 0. The van der Waals surface area contributed by atoms with Crippen molar-refractivity contribution in [3.05, 3.63) is 0 Å². The molecule has 0 bridgehead atoms. The third-order valence-corrected chi connectivity index (χ3v) is 2.84. The molecule has 1 saturated heterocycles. The maximum Gasteiger partial charge on any atom is 0.408 e. The highest BCUT2D eigenvalue weighted by Gasteiger charge is 2.27. The molecule has 1 amide bonds. The Bertz CT molecular complexity index is 379. The van der Waals surface area contributed by atoms with Crippen LogP contribution < -0.4 is 5.32 Å². The molecule has 1 atom stereocenters. The lowest BCUT2D eigenvalue weighted by molar-refractivity contribution is -0.140. The summed E-state index contributed by atoms with van der Waals surface area (Å²) in [6.45, 7) is 6.34. The number of piperidine rings is 1. The Morgan fingerprint density at radius 3 is 2.35 bits per heavy atom. The van der Waals surface area contributed by atoms with Crippen molar-refractivity contribution in [1.82, 2.24) is 10.2 Å². The normalized spacial score (nSPS) is 18.4. The van der Waals surface area contributed by atoms with Crippen LogP contribution in [0.2, 0.25) is 0 Å². The van der Waals surface area contributed by atoms with Crippen molar-refractivity contribution >= 4 is 17.8 Å². The topological polar surface area (TPSA) is 95.9 Å². The van der Waals surface area contributed by atoms with E-state index in [-0.39, 0.29) is 12.3 Å². The molecule has 0 aliphatic carbocycles. The van der Waals surface area contributed by atoms with Crippen LogP contribution in [0.4, 0.5) is 4.79 Å². The fourth-order valence-electron chi connectivity index (χ4n) is 1.88. The number of carboxylic acids is 1. The number of nitrogens with zero attached hydrogens (tertiary/aromatic N) is 1. The van der Waals surface area contributed by atoms with E-state index in [2.05, 4.69) is 5.32 Å². The lowest BCUT2D eigenvalue weighted by Gasteiger charge is -2.29. The molecular weight excluding hydrogens is 264 g/mol. The maximum absolute atomic E-state index is 11.6. The Hall–Kier alpha value is -1.63. The number of likely N-dealkylation sites (tertiary alicyclic amines) is 1. The molecule has 7 nitrogen and oxygen atoms in total. The maximum atomic E-state index is 11.6. The highest BCUT2D eigenvalue weighted by Crippen LogP contribution is 2.09. The third-order valence-electron chi connectivity index (χ3n) is 2.84. The minimum absolute atomic E-state index is 0.169. The molecule has 0 unspecified atom stereocenters. The van der Waals surface area contributed by atoms with E-state index in [4.69, 9.17) is 9.84 Å². The van der Waals surface area contributed by atoms with Crippen LogP contribution in [0.1, 0.15) is 33.6 Å². The number of Topliss-reactive ketones (excluding diaryl/α,β-unsaturated/α-hetero) is 1. The predicted molar refractivity (Wildman–Crippen MR) is 71.5 cm³/mol. The smallest absolute Gasteiger partial charge is 0.408 e. The Kier molecular flexibility index (Phi) is 5.50. The van der Waals surface area contributed by atoms with Crippen LogP contribution in [-0.4, -0.2) is 59.1 Å². The number of rotatable bonds is 4. The summed E-state index contributed by atoms with van der Waals surface area (Å²) in [4.78, 5) is 35.8. The molecule has 0 saturated carbocycles. The van der Waals surface area contributed by atoms with Gasteiger partial charge in [0.2, 0.25) is 0 Å². The molecule has 1 rings (SSSR count). The second kappa shape index (κ2) is 6.69. The molecule has 2 N–H and O–H groups in total. The van der Waals surface area contributed by atoms with Gasteiger partial charge in [0, 0.05) is 32.5 Å². The van der Waals surface area contributed by atoms with Crippen molar-refractivity contribution in [3.8, 4) is 0 Å². The zero-order chi connectivity index (χ0) is 15.3. The van der Waals surface area contributed by atoms with Crippen molar-refractivity contribution in [2.24, 2.45) is 0 Å². The number of ketones is 1. The van der Waals surface area contributed by atoms with Crippen LogP contribution in [0.15, 0.2) is 0 Å². The van der Waals surface area contributed by atoms with E-state index in [0.29, 0.717) is 25.9 Å². The molecule has 1 fully saturated rings. The first-order chi connectivity index (χ1) is 9.17. The summed E-state index contributed by atoms with van der Waals surface area (Å²) in [7, 11) is 0. The minimum Gasteiger partial charge on any atom is -0.480 e. The Labute approximate surface area is 118 Å². The van der Waals surface area contributed by atoms with Crippen molar-refractivity contribution in [1.29, 1.82) is 0 Å². The summed E-state index contributed by atoms with van der Waals surface area (Å²) in [6.07, 6.45) is 0.107. The third kappa shape index (κ3) is 6.01. The van der Waals surface area contributed by atoms with Gasteiger partial charge < -0.3 is 15.2 Å². The average Bonchev–Trinajstić information content (AvgIpc) is 2.28. The average molecular weight is 286 g/mol. The van der Waals surface area contributed by atoms with Crippen LogP contribution in [0.5, 0.6) is 0 Å². The van der Waals surface area contributed by atoms with Gasteiger partial charge in [-0.2, -0.15) is 0 Å². The molecule has 0 spiro atoms. The lowest BCUT2D eigenvalue weighted by Crippen LogP contribution is -2.51. The highest BCUT2D eigenvalue weighted by molar-refractivity contribution is 5.81. The largest absolute Gasteiger partial charge is 0.480 e. The highest BCUT2D eigenvalue weighted by atomic mass is 16.6. The number of amides is 1. The number of alkyl carbamates (subject to hydrolysis) is 1. The molecule has 0 aromatic rings. The predicted octanol–water partition coefficient (Wildman–Crippen LogP) is 0.629. The fraction of sp³-hybridized carbons (Fsp3) is 0.769. The minimum atomic E-state index is -1.12. The zero-order valence-corrected chi connectivity index (χ0v) is 12.1. The summed E-state index contributed by atoms with van der Waals surface area (Å²) in [6, 6.07) is -1.04. The second-order valence-corrected chi connectivity index (χ2v) is 5.88. The van der Waals surface area contributed by atoms with E-state index in [1.165, 1.54) is 0 Å². The fourth-order valence-corrected chi connectivity index (χ4v) is 1.88. The van der Waals surface area contributed by atoms with Crippen LogP contribution in [0, 0.1) is 0 Å². The molecule has 0 radical (unpaired) electrons. The van der Waals surface area contributed by atoms with Crippen molar-refractivity contribution in [2.75, 3.05) is 19.6 Å². The molecule has 1 heterocycles. The Morgan fingerprint density at radius 1 is 1.35 bits per heavy atom. The molecule has 1 aliphatic heterocycles. The number of carbonyl (C=O) groups excluding carboxylic acids is 2. The first kappa shape index (κ1) is 16.4. The first-order valence-corrected chi connectivity index (χ1v) is 6.64. The van der Waals surface area contributed by atoms with Gasteiger partial charge in [-0.1, -0.05) is 0 Å². The number of hydrogen-bond donors (Lipinski definition) is 2. The van der Waals surface area contributed by atoms with Gasteiger partial charge in [-0.05, 0) is 20.8 Å². The van der Waals surface area contributed by atoms with Gasteiger partial charge in [0.15, 0.2) is 0 Å². The van der Waals surface area contributed by atoms with E-state index >= 15 is 0 Å². The standard InChI is InChI=1S/C13H22N2O5/c1-13(2,3)20-12(19)14-10(11(17)18)8-15-6-4-9(16)5-7-15/h10H,4-8H2,1-3H3,(H,14,19)(H,17,18)/t10-/m0/s1. The van der Waals surface area contributed by atoms with E-state index < -0.39 is 23.7 Å². The van der Waals surface area contributed by atoms with Crippen LogP contribution in [0.25, 0.3) is 0 Å². The van der Waals surface area contributed by atoms with Gasteiger partial charge in [-0.3, -0.25) is 9.69 Å². The Balaban J connectivity index is 2.50. The molecule has 114 valence electrons. The van der Waals surface area contributed by atoms with Crippen LogP contribution in [-0.2, 0) is 14.3 Å². The van der Waals surface area contributed by atoms with Crippen LogP contribution in [0.3, 0.4) is 0 Å². The number of aliphatic carboxylic acids is 1. The summed E-state index contributed by atoms with van der Waals surface area (Å²) < 4.78 is 5.04. The van der Waals surface area contributed by atoms with Gasteiger partial charge in [0.05, 0.1) is 0 Å². The van der Waals surface area contributed by atoms with Gasteiger partial charge in [0.25, 0.3) is 0 Å². The van der Waals surface area contributed by atoms with E-state index in [0.717, 1.165) is 0 Å². The molecule has 0 aromatic heterocycles. The van der Waals surface area contributed by atoms with E-state index in [1.807, 2.05) is 4.90 Å². The summed E-state index contributed by atoms with van der Waals surface area (Å²) in [5.41, 5.74) is -0.676. The SMILES string of the molecule is CC(C)(C)OC(=O)N[C@@H](CN1CCC(=O)CC1)C(=O)O. The first-order valence-electron chi connectivity index (χ1n) is 6.64. The quantitative estimate of drug-likeness (QED) is 0.787. The number of hydrogen-bond acceptors (Lipinski definition) is 5. The lowest BCUT2D eigenvalue weighted by atomic mass is 10.1. The van der Waals surface area contributed by atoms with Crippen molar-refractivity contribution in [3.63, 3.8) is 0 Å². The van der Waals surface area contributed by atoms with Crippen molar-refractivity contribution < 1.29 is 24.2 Å². The van der Waals surface area contributed by atoms with E-state index in [9.17, 15) is 14.4 Å². The zero-order valence-electron chi connectivity index (χ0n) is 12.1. The second-order valence-electron chi connectivity index (χ2n) is 5.88. The van der Waals surface area contributed by atoms with Gasteiger partial charge >= 0.3 is 12.1 Å². The molecule has 20 heavy (non-hydrogen) atoms. The number of carboxylic acid groups (broad SMARTS) is 1. The Morgan fingerprint density at radius 2 is 1.90 bits per heavy atom. The number of ether oxygens (including phenoxy) is 1. The van der Waals surface area contributed by atoms with Crippen LogP contribution >= 0.6 is 0 Å². The number of nitrogens with one attached hydrogen (secondary N) is 1. The summed E-state index contributed by atoms with van der Waals surface area (Å²) in [5, 5.41) is 11.5. The van der Waals surface area contributed by atoms with E-state index in [1.54, 1.807) is 20.8 Å². The molecular formula is C13H22N2O5. The molecule has 7 heteroatoms. The van der Waals surface area contributed by atoms with Crippen molar-refractivity contribution in [2.45, 2.75) is 45.3 Å². The van der Waals surface area contributed by atoms with Gasteiger partial charge in [0.1, 0.15) is 17.4 Å².